The highest BCUT2D eigenvalue weighted by Gasteiger charge is 2.15. The number of aliphatic hydroxyl groups is 1. The second-order valence-electron chi connectivity index (χ2n) is 5.33. The first-order valence-electron chi connectivity index (χ1n) is 7.53. The van der Waals surface area contributed by atoms with E-state index in [-0.39, 0.29) is 31.8 Å². The van der Waals surface area contributed by atoms with Crippen LogP contribution in [0.4, 0.5) is 0 Å². The molecule has 0 aromatic heterocycles. The topological polar surface area (TPSA) is 58.6 Å². The molecule has 0 aliphatic rings. The van der Waals surface area contributed by atoms with Crippen molar-refractivity contribution in [2.24, 2.45) is 0 Å². The Kier molecular flexibility index (Phi) is 7.06. The molecule has 128 valence electrons. The Morgan fingerprint density at radius 3 is 2.50 bits per heavy atom. The molecule has 0 aliphatic heterocycles. The van der Waals surface area contributed by atoms with Crippen LogP contribution in [-0.2, 0) is 4.74 Å². The standard InChI is InChI=1S/C18H19Cl2NO3/c1-12-2-4-13(5-3-12)17(24-9-8-22)11-21-18(23)14-6-7-15(19)16(20)10-14/h2-7,10,17,22H,8-9,11H2,1H3,(H,21,23). The summed E-state index contributed by atoms with van der Waals surface area (Å²) in [5.74, 6) is -0.265. The summed E-state index contributed by atoms with van der Waals surface area (Å²) >= 11 is 11.8. The van der Waals surface area contributed by atoms with Gasteiger partial charge in [0.05, 0.1) is 29.4 Å². The van der Waals surface area contributed by atoms with Crippen LogP contribution in [-0.4, -0.2) is 30.8 Å². The molecule has 0 bridgehead atoms. The minimum Gasteiger partial charge on any atom is -0.394 e. The molecule has 0 aliphatic carbocycles. The van der Waals surface area contributed by atoms with E-state index in [0.29, 0.717) is 15.6 Å². The van der Waals surface area contributed by atoms with E-state index in [1.165, 1.54) is 6.07 Å². The highest BCUT2D eigenvalue weighted by Crippen LogP contribution is 2.23. The molecule has 24 heavy (non-hydrogen) atoms. The van der Waals surface area contributed by atoms with Gasteiger partial charge in [-0.3, -0.25) is 4.79 Å². The third kappa shape index (κ3) is 5.21. The highest BCUT2D eigenvalue weighted by atomic mass is 35.5. The molecule has 1 unspecified atom stereocenters. The zero-order valence-electron chi connectivity index (χ0n) is 13.3. The van der Waals surface area contributed by atoms with Gasteiger partial charge in [-0.15, -0.1) is 0 Å². The van der Waals surface area contributed by atoms with Gasteiger partial charge in [-0.1, -0.05) is 53.0 Å². The first kappa shape index (κ1) is 18.7. The number of ether oxygens (including phenoxy) is 1. The van der Waals surface area contributed by atoms with Crippen molar-refractivity contribution in [3.05, 3.63) is 69.2 Å². The summed E-state index contributed by atoms with van der Waals surface area (Å²) in [4.78, 5) is 12.3. The van der Waals surface area contributed by atoms with Crippen LogP contribution in [0.2, 0.25) is 10.0 Å². The Hall–Kier alpha value is -1.59. The fraction of sp³-hybridized carbons (Fsp3) is 0.278. The Morgan fingerprint density at radius 1 is 1.17 bits per heavy atom. The molecule has 4 nitrogen and oxygen atoms in total. The van der Waals surface area contributed by atoms with Crippen molar-refractivity contribution in [2.75, 3.05) is 19.8 Å². The van der Waals surface area contributed by atoms with E-state index < -0.39 is 0 Å². The van der Waals surface area contributed by atoms with Crippen molar-refractivity contribution in [3.8, 4) is 0 Å². The van der Waals surface area contributed by atoms with Gasteiger partial charge >= 0.3 is 0 Å². The predicted octanol–water partition coefficient (Wildman–Crippen LogP) is 3.78. The summed E-state index contributed by atoms with van der Waals surface area (Å²) in [6.45, 7) is 2.39. The lowest BCUT2D eigenvalue weighted by Gasteiger charge is -2.19. The number of carbonyl (C=O) groups is 1. The summed E-state index contributed by atoms with van der Waals surface area (Å²) in [7, 11) is 0. The average molecular weight is 368 g/mol. The van der Waals surface area contributed by atoms with Gasteiger partial charge in [0.1, 0.15) is 0 Å². The van der Waals surface area contributed by atoms with Crippen LogP contribution in [0.5, 0.6) is 0 Å². The van der Waals surface area contributed by atoms with E-state index in [1.54, 1.807) is 12.1 Å². The number of halogens is 2. The largest absolute Gasteiger partial charge is 0.394 e. The van der Waals surface area contributed by atoms with Crippen LogP contribution in [0.25, 0.3) is 0 Å². The molecular weight excluding hydrogens is 349 g/mol. The molecule has 1 atom stereocenters. The molecule has 0 fully saturated rings. The summed E-state index contributed by atoms with van der Waals surface area (Å²) in [6, 6.07) is 12.6. The van der Waals surface area contributed by atoms with Crippen LogP contribution in [0.15, 0.2) is 42.5 Å². The second-order valence-corrected chi connectivity index (χ2v) is 6.15. The minimum atomic E-state index is -0.343. The van der Waals surface area contributed by atoms with Crippen LogP contribution >= 0.6 is 23.2 Å². The number of nitrogens with one attached hydrogen (secondary N) is 1. The van der Waals surface area contributed by atoms with Gasteiger partial charge in [-0.2, -0.15) is 0 Å². The average Bonchev–Trinajstić information content (AvgIpc) is 2.58. The molecule has 0 spiro atoms. The van der Waals surface area contributed by atoms with Crippen LogP contribution in [0.3, 0.4) is 0 Å². The minimum absolute atomic E-state index is 0.0803. The van der Waals surface area contributed by atoms with Gasteiger partial charge in [-0.05, 0) is 30.7 Å². The zero-order valence-corrected chi connectivity index (χ0v) is 14.8. The van der Waals surface area contributed by atoms with Crippen molar-refractivity contribution in [1.29, 1.82) is 0 Å². The maximum atomic E-state index is 12.3. The molecule has 0 heterocycles. The van der Waals surface area contributed by atoms with Crippen LogP contribution < -0.4 is 5.32 Å². The number of aliphatic hydroxyl groups excluding tert-OH is 1. The molecule has 1 amide bonds. The van der Waals surface area contributed by atoms with Crippen molar-refractivity contribution >= 4 is 29.1 Å². The van der Waals surface area contributed by atoms with E-state index >= 15 is 0 Å². The Bertz CT molecular complexity index is 689. The molecular formula is C18H19Cl2NO3. The number of benzene rings is 2. The molecule has 2 rings (SSSR count). The molecule has 2 N–H and O–H groups in total. The smallest absolute Gasteiger partial charge is 0.251 e. The predicted molar refractivity (Wildman–Crippen MR) is 95.8 cm³/mol. The lowest BCUT2D eigenvalue weighted by atomic mass is 10.1. The zero-order chi connectivity index (χ0) is 17.5. The van der Waals surface area contributed by atoms with Gasteiger partial charge in [0.15, 0.2) is 0 Å². The van der Waals surface area contributed by atoms with E-state index in [0.717, 1.165) is 11.1 Å². The first-order valence-corrected chi connectivity index (χ1v) is 8.29. The number of hydrogen-bond donors (Lipinski definition) is 2. The Morgan fingerprint density at radius 2 is 1.88 bits per heavy atom. The summed E-state index contributed by atoms with van der Waals surface area (Å²) in [5.41, 5.74) is 2.50. The fourth-order valence-electron chi connectivity index (χ4n) is 2.17. The molecule has 2 aromatic carbocycles. The number of hydrogen-bond acceptors (Lipinski definition) is 3. The van der Waals surface area contributed by atoms with Crippen molar-refractivity contribution in [2.45, 2.75) is 13.0 Å². The van der Waals surface area contributed by atoms with E-state index in [1.807, 2.05) is 31.2 Å². The van der Waals surface area contributed by atoms with Gasteiger partial charge in [0.2, 0.25) is 0 Å². The molecule has 2 aromatic rings. The lowest BCUT2D eigenvalue weighted by Crippen LogP contribution is -2.30. The van der Waals surface area contributed by atoms with Gasteiger partial charge in [-0.25, -0.2) is 0 Å². The van der Waals surface area contributed by atoms with E-state index in [9.17, 15) is 4.79 Å². The van der Waals surface area contributed by atoms with Crippen molar-refractivity contribution < 1.29 is 14.6 Å². The third-order valence-electron chi connectivity index (χ3n) is 3.49. The first-order chi connectivity index (χ1) is 11.5. The summed E-state index contributed by atoms with van der Waals surface area (Å²) in [6.07, 6.45) is -0.343. The van der Waals surface area contributed by atoms with Crippen LogP contribution in [0, 0.1) is 6.92 Å². The molecule has 0 radical (unpaired) electrons. The van der Waals surface area contributed by atoms with Gasteiger partial charge < -0.3 is 15.2 Å². The Balaban J connectivity index is 2.04. The van der Waals surface area contributed by atoms with Crippen molar-refractivity contribution in [3.63, 3.8) is 0 Å². The SMILES string of the molecule is Cc1ccc(C(CNC(=O)c2ccc(Cl)c(Cl)c2)OCCO)cc1. The van der Waals surface area contributed by atoms with Crippen LogP contribution in [0.1, 0.15) is 27.6 Å². The number of carbonyl (C=O) groups excluding carboxylic acids is 1. The maximum absolute atomic E-state index is 12.3. The quantitative estimate of drug-likeness (QED) is 0.782. The highest BCUT2D eigenvalue weighted by molar-refractivity contribution is 6.42. The Labute approximate surface area is 151 Å². The maximum Gasteiger partial charge on any atom is 0.251 e. The monoisotopic (exact) mass is 367 g/mol. The van der Waals surface area contributed by atoms with E-state index in [4.69, 9.17) is 33.0 Å². The number of aryl methyl sites for hydroxylation is 1. The lowest BCUT2D eigenvalue weighted by molar-refractivity contribution is 0.0277. The molecule has 6 heteroatoms. The summed E-state index contributed by atoms with van der Waals surface area (Å²) < 4.78 is 5.63. The van der Waals surface area contributed by atoms with Gasteiger partial charge in [0, 0.05) is 12.1 Å². The third-order valence-corrected chi connectivity index (χ3v) is 4.23. The fourth-order valence-corrected chi connectivity index (χ4v) is 2.47. The van der Waals surface area contributed by atoms with Crippen molar-refractivity contribution in [1.82, 2.24) is 5.32 Å². The molecule has 0 saturated carbocycles. The second kappa shape index (κ2) is 9.04. The number of rotatable bonds is 7. The van der Waals surface area contributed by atoms with E-state index in [2.05, 4.69) is 5.32 Å². The summed E-state index contributed by atoms with van der Waals surface area (Å²) in [5, 5.41) is 12.5. The number of amides is 1. The molecule has 0 saturated heterocycles. The normalized spacial score (nSPS) is 12.0. The van der Waals surface area contributed by atoms with Gasteiger partial charge in [0.25, 0.3) is 5.91 Å².